The van der Waals surface area contributed by atoms with Crippen molar-refractivity contribution < 1.29 is 4.74 Å². The van der Waals surface area contributed by atoms with E-state index in [0.29, 0.717) is 0 Å². The van der Waals surface area contributed by atoms with Crippen molar-refractivity contribution in [2.45, 2.75) is 26.0 Å². The first kappa shape index (κ1) is 12.6. The van der Waals surface area contributed by atoms with Crippen LogP contribution in [0.15, 0.2) is 36.7 Å². The lowest BCUT2D eigenvalue weighted by Gasteiger charge is -2.21. The third kappa shape index (κ3) is 2.87. The summed E-state index contributed by atoms with van der Waals surface area (Å²) < 4.78 is 5.28. The van der Waals surface area contributed by atoms with Crippen LogP contribution in [0, 0.1) is 0 Å². The van der Waals surface area contributed by atoms with E-state index in [9.17, 15) is 0 Å². The summed E-state index contributed by atoms with van der Waals surface area (Å²) in [6.07, 6.45) is 3.49. The van der Waals surface area contributed by atoms with Gasteiger partial charge in [0.1, 0.15) is 0 Å². The molecule has 0 aliphatic heterocycles. The summed E-state index contributed by atoms with van der Waals surface area (Å²) in [4.78, 5) is 1.59. The van der Waals surface area contributed by atoms with Crippen LogP contribution in [0.3, 0.4) is 0 Å². The summed E-state index contributed by atoms with van der Waals surface area (Å²) in [5, 5.41) is 11.6. The number of rotatable bonds is 5. The molecule has 2 atom stereocenters. The molecule has 0 spiro atoms. The number of methoxy groups -OCH3 is 1. The highest BCUT2D eigenvalue weighted by molar-refractivity contribution is 5.48. The fourth-order valence-corrected chi connectivity index (χ4v) is 1.62. The second kappa shape index (κ2) is 5.64. The molecule has 5 heteroatoms. The van der Waals surface area contributed by atoms with E-state index in [1.165, 1.54) is 0 Å². The van der Waals surface area contributed by atoms with Crippen LogP contribution < -0.4 is 5.32 Å². The minimum absolute atomic E-state index is 0.164. The first-order valence-electron chi connectivity index (χ1n) is 5.97. The monoisotopic (exact) mass is 246 g/mol. The van der Waals surface area contributed by atoms with Crippen LogP contribution in [0.4, 0.5) is 5.69 Å². The summed E-state index contributed by atoms with van der Waals surface area (Å²) in [6, 6.07) is 8.23. The predicted molar refractivity (Wildman–Crippen MR) is 70.9 cm³/mol. The van der Waals surface area contributed by atoms with E-state index >= 15 is 0 Å². The van der Waals surface area contributed by atoms with Crippen molar-refractivity contribution in [3.8, 4) is 5.69 Å². The number of anilines is 1. The molecule has 96 valence electrons. The zero-order chi connectivity index (χ0) is 13.0. The standard InChI is InChI=1S/C13H18N4O/c1-10(11(2)18-3)16-12-4-6-13(7-5-12)17-14-8-9-15-17/h4-11,16H,1-3H3. The fraction of sp³-hybridized carbons (Fsp3) is 0.385. The van der Waals surface area contributed by atoms with Crippen molar-refractivity contribution in [2.24, 2.45) is 0 Å². The maximum absolute atomic E-state index is 5.28. The largest absolute Gasteiger partial charge is 0.380 e. The van der Waals surface area contributed by atoms with Crippen molar-refractivity contribution in [1.29, 1.82) is 0 Å². The van der Waals surface area contributed by atoms with E-state index in [1.54, 1.807) is 24.3 Å². The molecule has 0 fully saturated rings. The van der Waals surface area contributed by atoms with Crippen molar-refractivity contribution in [2.75, 3.05) is 12.4 Å². The molecule has 0 aliphatic rings. The SMILES string of the molecule is COC(C)C(C)Nc1ccc(-n2nccn2)cc1. The van der Waals surface area contributed by atoms with Crippen LogP contribution in [0.5, 0.6) is 0 Å². The number of ether oxygens (including phenoxy) is 1. The third-order valence-corrected chi connectivity index (χ3v) is 2.99. The van der Waals surface area contributed by atoms with Gasteiger partial charge in [0.2, 0.25) is 0 Å². The average molecular weight is 246 g/mol. The molecule has 0 bridgehead atoms. The van der Waals surface area contributed by atoms with Crippen LogP contribution in [0.25, 0.3) is 5.69 Å². The van der Waals surface area contributed by atoms with Gasteiger partial charge < -0.3 is 10.1 Å². The normalized spacial score (nSPS) is 14.2. The van der Waals surface area contributed by atoms with Gasteiger partial charge in [-0.05, 0) is 38.1 Å². The van der Waals surface area contributed by atoms with Crippen LogP contribution >= 0.6 is 0 Å². The third-order valence-electron chi connectivity index (χ3n) is 2.99. The van der Waals surface area contributed by atoms with E-state index in [4.69, 9.17) is 4.74 Å². The van der Waals surface area contributed by atoms with Crippen molar-refractivity contribution in [1.82, 2.24) is 15.0 Å². The van der Waals surface area contributed by atoms with Gasteiger partial charge in [-0.3, -0.25) is 0 Å². The van der Waals surface area contributed by atoms with E-state index < -0.39 is 0 Å². The molecule has 1 aromatic heterocycles. The number of hydrogen-bond acceptors (Lipinski definition) is 4. The number of nitrogens with zero attached hydrogens (tertiary/aromatic N) is 3. The number of nitrogens with one attached hydrogen (secondary N) is 1. The lowest BCUT2D eigenvalue weighted by atomic mass is 10.2. The molecule has 2 unspecified atom stereocenters. The lowest BCUT2D eigenvalue weighted by molar-refractivity contribution is 0.106. The van der Waals surface area contributed by atoms with Gasteiger partial charge in [0.15, 0.2) is 0 Å². The van der Waals surface area contributed by atoms with Gasteiger partial charge in [0.25, 0.3) is 0 Å². The Kier molecular flexibility index (Phi) is 3.94. The maximum Gasteiger partial charge on any atom is 0.0858 e. The smallest absolute Gasteiger partial charge is 0.0858 e. The fourth-order valence-electron chi connectivity index (χ4n) is 1.62. The molecule has 0 saturated heterocycles. The van der Waals surface area contributed by atoms with Gasteiger partial charge in [-0.1, -0.05) is 0 Å². The first-order chi connectivity index (χ1) is 8.70. The Bertz CT molecular complexity index is 466. The van der Waals surface area contributed by atoms with Crippen LogP contribution in [0.2, 0.25) is 0 Å². The predicted octanol–water partition coefficient (Wildman–Crippen LogP) is 2.10. The molecule has 0 radical (unpaired) electrons. The summed E-state index contributed by atoms with van der Waals surface area (Å²) in [7, 11) is 1.72. The van der Waals surface area contributed by atoms with E-state index in [-0.39, 0.29) is 12.1 Å². The summed E-state index contributed by atoms with van der Waals surface area (Å²) >= 11 is 0. The Morgan fingerprint density at radius 3 is 2.28 bits per heavy atom. The Morgan fingerprint density at radius 1 is 1.11 bits per heavy atom. The first-order valence-corrected chi connectivity index (χ1v) is 5.97. The van der Waals surface area contributed by atoms with Crippen LogP contribution in [0.1, 0.15) is 13.8 Å². The van der Waals surface area contributed by atoms with Gasteiger partial charge in [0.05, 0.1) is 24.2 Å². The quantitative estimate of drug-likeness (QED) is 0.877. The van der Waals surface area contributed by atoms with E-state index in [0.717, 1.165) is 11.4 Å². The minimum atomic E-state index is 0.164. The zero-order valence-electron chi connectivity index (χ0n) is 10.9. The van der Waals surface area contributed by atoms with Crippen molar-refractivity contribution >= 4 is 5.69 Å². The van der Waals surface area contributed by atoms with Gasteiger partial charge in [-0.15, -0.1) is 0 Å². The molecule has 0 saturated carbocycles. The highest BCUT2D eigenvalue weighted by Crippen LogP contribution is 2.14. The van der Waals surface area contributed by atoms with E-state index in [2.05, 4.69) is 22.4 Å². The molecule has 5 nitrogen and oxygen atoms in total. The Balaban J connectivity index is 2.04. The Labute approximate surface area is 107 Å². The molecule has 2 rings (SSSR count). The van der Waals surface area contributed by atoms with Gasteiger partial charge >= 0.3 is 0 Å². The summed E-state index contributed by atoms with van der Waals surface area (Å²) in [5.74, 6) is 0. The van der Waals surface area contributed by atoms with Gasteiger partial charge in [-0.25, -0.2) is 0 Å². The summed E-state index contributed by atoms with van der Waals surface area (Å²) in [5.41, 5.74) is 2.00. The molecule has 0 amide bonds. The number of aromatic nitrogens is 3. The molecule has 0 aliphatic carbocycles. The van der Waals surface area contributed by atoms with Crippen LogP contribution in [-0.2, 0) is 4.74 Å². The molecule has 18 heavy (non-hydrogen) atoms. The second-order valence-electron chi connectivity index (χ2n) is 4.24. The number of benzene rings is 1. The molecule has 2 aromatic rings. The Morgan fingerprint density at radius 2 is 1.72 bits per heavy atom. The molecule has 1 heterocycles. The van der Waals surface area contributed by atoms with Crippen molar-refractivity contribution in [3.05, 3.63) is 36.7 Å². The highest BCUT2D eigenvalue weighted by atomic mass is 16.5. The highest BCUT2D eigenvalue weighted by Gasteiger charge is 2.10. The second-order valence-corrected chi connectivity index (χ2v) is 4.24. The summed E-state index contributed by atoms with van der Waals surface area (Å²) in [6.45, 7) is 4.14. The molecule has 1 N–H and O–H groups in total. The van der Waals surface area contributed by atoms with Gasteiger partial charge in [-0.2, -0.15) is 15.0 Å². The molecular formula is C13H18N4O. The zero-order valence-corrected chi connectivity index (χ0v) is 10.9. The average Bonchev–Trinajstić information content (AvgIpc) is 2.92. The van der Waals surface area contributed by atoms with Crippen molar-refractivity contribution in [3.63, 3.8) is 0 Å². The topological polar surface area (TPSA) is 52.0 Å². The maximum atomic E-state index is 5.28. The van der Waals surface area contributed by atoms with Crippen LogP contribution in [-0.4, -0.2) is 34.2 Å². The molecule has 1 aromatic carbocycles. The Hall–Kier alpha value is -1.88. The number of hydrogen-bond donors (Lipinski definition) is 1. The lowest BCUT2D eigenvalue weighted by Crippen LogP contribution is -2.29. The van der Waals surface area contributed by atoms with Gasteiger partial charge in [0, 0.05) is 18.8 Å². The van der Waals surface area contributed by atoms with E-state index in [1.807, 2.05) is 31.2 Å². The molecular weight excluding hydrogens is 228 g/mol. The minimum Gasteiger partial charge on any atom is -0.380 e.